The molecule has 1 rings (SSSR count). The van der Waals surface area contributed by atoms with Gasteiger partial charge in [-0.05, 0) is 44.1 Å². The third-order valence-electron chi connectivity index (χ3n) is 3.62. The molecule has 0 aromatic rings. The Bertz CT molecular complexity index is 144. The quantitative estimate of drug-likeness (QED) is 0.664. The molecule has 0 bridgehead atoms. The lowest BCUT2D eigenvalue weighted by Gasteiger charge is -2.33. The van der Waals surface area contributed by atoms with Crippen molar-refractivity contribution in [2.24, 2.45) is 11.8 Å². The molecule has 84 valence electrons. The van der Waals surface area contributed by atoms with Crippen LogP contribution in [0, 0.1) is 11.8 Å². The highest BCUT2D eigenvalue weighted by Gasteiger charge is 2.24. The van der Waals surface area contributed by atoms with Crippen LogP contribution in [-0.2, 0) is 0 Å². The molecule has 14 heavy (non-hydrogen) atoms. The number of rotatable bonds is 5. The van der Waals surface area contributed by atoms with E-state index in [9.17, 15) is 0 Å². The molecular formula is C13H27N. The minimum absolute atomic E-state index is 0.808. The van der Waals surface area contributed by atoms with Crippen molar-refractivity contribution in [3.8, 4) is 0 Å². The van der Waals surface area contributed by atoms with Crippen molar-refractivity contribution in [3.05, 3.63) is 0 Å². The second-order valence-corrected chi connectivity index (χ2v) is 5.16. The van der Waals surface area contributed by atoms with Crippen LogP contribution in [0.15, 0.2) is 0 Å². The van der Waals surface area contributed by atoms with Crippen LogP contribution >= 0.6 is 0 Å². The van der Waals surface area contributed by atoms with Crippen molar-refractivity contribution in [3.63, 3.8) is 0 Å². The van der Waals surface area contributed by atoms with E-state index in [1.807, 2.05) is 0 Å². The molecule has 3 atom stereocenters. The number of hydrogen-bond acceptors (Lipinski definition) is 1. The van der Waals surface area contributed by atoms with Crippen molar-refractivity contribution in [1.82, 2.24) is 5.32 Å². The van der Waals surface area contributed by atoms with Gasteiger partial charge < -0.3 is 5.32 Å². The Morgan fingerprint density at radius 1 is 1.14 bits per heavy atom. The fourth-order valence-corrected chi connectivity index (χ4v) is 2.63. The zero-order valence-electron chi connectivity index (χ0n) is 10.2. The zero-order valence-corrected chi connectivity index (χ0v) is 10.2. The Labute approximate surface area is 89.7 Å². The van der Waals surface area contributed by atoms with Gasteiger partial charge in [0.1, 0.15) is 0 Å². The van der Waals surface area contributed by atoms with E-state index in [2.05, 4.69) is 26.1 Å². The van der Waals surface area contributed by atoms with Gasteiger partial charge in [-0.2, -0.15) is 0 Å². The van der Waals surface area contributed by atoms with E-state index < -0.39 is 0 Å². The molecule has 0 heterocycles. The molecule has 1 saturated carbocycles. The average Bonchev–Trinajstić information content (AvgIpc) is 2.15. The van der Waals surface area contributed by atoms with E-state index in [4.69, 9.17) is 0 Å². The Morgan fingerprint density at radius 2 is 1.93 bits per heavy atom. The minimum Gasteiger partial charge on any atom is -0.314 e. The molecule has 1 aliphatic carbocycles. The largest absolute Gasteiger partial charge is 0.314 e. The van der Waals surface area contributed by atoms with E-state index in [-0.39, 0.29) is 0 Å². The molecule has 1 aliphatic rings. The Kier molecular flexibility index (Phi) is 5.54. The Balaban J connectivity index is 2.11. The first-order valence-corrected chi connectivity index (χ1v) is 6.47. The van der Waals surface area contributed by atoms with E-state index in [1.165, 1.54) is 45.1 Å². The van der Waals surface area contributed by atoms with Crippen molar-refractivity contribution < 1.29 is 0 Å². The van der Waals surface area contributed by atoms with Gasteiger partial charge in [0.25, 0.3) is 0 Å². The SMILES string of the molecule is CCCCCNC1CCC(C)CC1C. The first-order chi connectivity index (χ1) is 6.74. The van der Waals surface area contributed by atoms with Gasteiger partial charge in [0, 0.05) is 6.04 Å². The van der Waals surface area contributed by atoms with Gasteiger partial charge in [0.2, 0.25) is 0 Å². The standard InChI is InChI=1S/C13H27N/c1-4-5-6-9-14-13-8-7-11(2)10-12(13)3/h11-14H,4-10H2,1-3H3. The van der Waals surface area contributed by atoms with Crippen LogP contribution < -0.4 is 5.32 Å². The predicted octanol–water partition coefficient (Wildman–Crippen LogP) is 3.59. The fourth-order valence-electron chi connectivity index (χ4n) is 2.63. The summed E-state index contributed by atoms with van der Waals surface area (Å²) in [7, 11) is 0. The summed E-state index contributed by atoms with van der Waals surface area (Å²) in [6, 6.07) is 0.808. The minimum atomic E-state index is 0.808. The summed E-state index contributed by atoms with van der Waals surface area (Å²) in [6.45, 7) is 8.30. The predicted molar refractivity (Wildman–Crippen MR) is 63.5 cm³/mol. The molecule has 3 unspecified atom stereocenters. The van der Waals surface area contributed by atoms with E-state index in [1.54, 1.807) is 0 Å². The van der Waals surface area contributed by atoms with Gasteiger partial charge in [-0.1, -0.05) is 33.6 Å². The van der Waals surface area contributed by atoms with Crippen LogP contribution in [0.3, 0.4) is 0 Å². The van der Waals surface area contributed by atoms with Gasteiger partial charge in [0.15, 0.2) is 0 Å². The smallest absolute Gasteiger partial charge is 0.00928 e. The molecule has 0 aromatic carbocycles. The average molecular weight is 197 g/mol. The summed E-state index contributed by atoms with van der Waals surface area (Å²) < 4.78 is 0. The fraction of sp³-hybridized carbons (Fsp3) is 1.00. The van der Waals surface area contributed by atoms with Crippen molar-refractivity contribution in [2.45, 2.75) is 65.3 Å². The van der Waals surface area contributed by atoms with Gasteiger partial charge in [0.05, 0.1) is 0 Å². The van der Waals surface area contributed by atoms with E-state index >= 15 is 0 Å². The maximum absolute atomic E-state index is 3.73. The van der Waals surface area contributed by atoms with Crippen LogP contribution in [0.1, 0.15) is 59.3 Å². The summed E-state index contributed by atoms with van der Waals surface area (Å²) >= 11 is 0. The summed E-state index contributed by atoms with van der Waals surface area (Å²) in [5.74, 6) is 1.85. The van der Waals surface area contributed by atoms with Gasteiger partial charge in [-0.15, -0.1) is 0 Å². The van der Waals surface area contributed by atoms with Crippen molar-refractivity contribution in [2.75, 3.05) is 6.54 Å². The lowest BCUT2D eigenvalue weighted by atomic mass is 9.80. The normalized spacial score (nSPS) is 33.2. The number of unbranched alkanes of at least 4 members (excludes halogenated alkanes) is 2. The van der Waals surface area contributed by atoms with Crippen LogP contribution in [0.4, 0.5) is 0 Å². The van der Waals surface area contributed by atoms with Gasteiger partial charge in [-0.3, -0.25) is 0 Å². The highest BCUT2D eigenvalue weighted by molar-refractivity contribution is 4.80. The molecule has 0 amide bonds. The number of nitrogens with one attached hydrogen (secondary N) is 1. The monoisotopic (exact) mass is 197 g/mol. The molecule has 0 radical (unpaired) electrons. The van der Waals surface area contributed by atoms with Crippen molar-refractivity contribution >= 4 is 0 Å². The van der Waals surface area contributed by atoms with Crippen LogP contribution in [0.2, 0.25) is 0 Å². The first-order valence-electron chi connectivity index (χ1n) is 6.47. The molecule has 0 aromatic heterocycles. The Morgan fingerprint density at radius 3 is 2.57 bits per heavy atom. The summed E-state index contributed by atoms with van der Waals surface area (Å²) in [5.41, 5.74) is 0. The molecule has 0 spiro atoms. The van der Waals surface area contributed by atoms with Crippen LogP contribution in [-0.4, -0.2) is 12.6 Å². The summed E-state index contributed by atoms with van der Waals surface area (Å²) in [6.07, 6.45) is 8.31. The molecule has 1 heteroatoms. The third kappa shape index (κ3) is 4.00. The van der Waals surface area contributed by atoms with Crippen LogP contribution in [0.25, 0.3) is 0 Å². The topological polar surface area (TPSA) is 12.0 Å². The highest BCUT2D eigenvalue weighted by atomic mass is 14.9. The first kappa shape index (κ1) is 12.0. The second-order valence-electron chi connectivity index (χ2n) is 5.16. The Hall–Kier alpha value is -0.0400. The van der Waals surface area contributed by atoms with E-state index in [0.717, 1.165) is 17.9 Å². The number of hydrogen-bond donors (Lipinski definition) is 1. The van der Waals surface area contributed by atoms with Crippen LogP contribution in [0.5, 0.6) is 0 Å². The zero-order chi connectivity index (χ0) is 10.4. The van der Waals surface area contributed by atoms with E-state index in [0.29, 0.717) is 0 Å². The third-order valence-corrected chi connectivity index (χ3v) is 3.62. The molecule has 1 nitrogen and oxygen atoms in total. The maximum atomic E-state index is 3.73. The molecule has 1 fully saturated rings. The summed E-state index contributed by atoms with van der Waals surface area (Å²) in [5, 5.41) is 3.73. The molecular weight excluding hydrogens is 170 g/mol. The molecule has 1 N–H and O–H groups in total. The second kappa shape index (κ2) is 6.44. The van der Waals surface area contributed by atoms with Gasteiger partial charge >= 0.3 is 0 Å². The molecule has 0 aliphatic heterocycles. The van der Waals surface area contributed by atoms with Gasteiger partial charge in [-0.25, -0.2) is 0 Å². The lowest BCUT2D eigenvalue weighted by molar-refractivity contribution is 0.228. The maximum Gasteiger partial charge on any atom is 0.00928 e. The lowest BCUT2D eigenvalue weighted by Crippen LogP contribution is -2.39. The summed E-state index contributed by atoms with van der Waals surface area (Å²) in [4.78, 5) is 0. The molecule has 0 saturated heterocycles. The van der Waals surface area contributed by atoms with Crippen molar-refractivity contribution in [1.29, 1.82) is 0 Å². The highest BCUT2D eigenvalue weighted by Crippen LogP contribution is 2.28.